The van der Waals surface area contributed by atoms with Gasteiger partial charge in [0.05, 0.1) is 11.3 Å². The van der Waals surface area contributed by atoms with E-state index in [1.165, 1.54) is 18.2 Å². The smallest absolute Gasteiger partial charge is 0.351 e. The van der Waals surface area contributed by atoms with Crippen LogP contribution in [0.15, 0.2) is 24.3 Å². The summed E-state index contributed by atoms with van der Waals surface area (Å²) >= 11 is 5.67. The van der Waals surface area contributed by atoms with Crippen molar-refractivity contribution in [2.75, 3.05) is 11.9 Å². The fourth-order valence-corrected chi connectivity index (χ4v) is 2.39. The molecule has 0 atom stereocenters. The van der Waals surface area contributed by atoms with E-state index in [-0.39, 0.29) is 28.0 Å². The Morgan fingerprint density at radius 3 is 2.62 bits per heavy atom. The van der Waals surface area contributed by atoms with Crippen molar-refractivity contribution in [1.29, 1.82) is 0 Å². The number of hydrogen-bond acceptors (Lipinski definition) is 4. The normalized spacial score (nSPS) is 11.3. The molecule has 0 radical (unpaired) electrons. The van der Waals surface area contributed by atoms with Crippen molar-refractivity contribution in [3.63, 3.8) is 0 Å². The Labute approximate surface area is 154 Å². The maximum absolute atomic E-state index is 13.2. The third kappa shape index (κ3) is 5.32. The van der Waals surface area contributed by atoms with E-state index in [0.717, 1.165) is 18.9 Å². The van der Waals surface area contributed by atoms with Gasteiger partial charge in [0.25, 0.3) is 5.91 Å². The molecule has 2 N–H and O–H groups in total. The highest BCUT2D eigenvalue weighted by molar-refractivity contribution is 6.30. The second kappa shape index (κ2) is 8.35. The molecule has 0 aliphatic rings. The number of aromatic nitrogens is 2. The van der Waals surface area contributed by atoms with E-state index in [4.69, 9.17) is 11.6 Å². The molecular weight excluding hydrogens is 369 g/mol. The highest BCUT2D eigenvalue weighted by atomic mass is 35.5. The number of benzene rings is 1. The van der Waals surface area contributed by atoms with Gasteiger partial charge in [-0.05, 0) is 31.5 Å². The van der Waals surface area contributed by atoms with Gasteiger partial charge < -0.3 is 10.6 Å². The Morgan fingerprint density at radius 1 is 1.23 bits per heavy atom. The van der Waals surface area contributed by atoms with Gasteiger partial charge in [0, 0.05) is 17.6 Å². The molecule has 140 valence electrons. The lowest BCUT2D eigenvalue weighted by Crippen LogP contribution is -2.25. The Balaban J connectivity index is 2.29. The Bertz CT molecular complexity index is 796. The Hall–Kier alpha value is -2.35. The topological polar surface area (TPSA) is 66.9 Å². The fraction of sp³-hybridized carbons (Fsp3) is 0.353. The Morgan fingerprint density at radius 2 is 1.96 bits per heavy atom. The summed E-state index contributed by atoms with van der Waals surface area (Å²) in [7, 11) is 0. The first-order valence-electron chi connectivity index (χ1n) is 7.98. The number of unbranched alkanes of at least 4 members (excludes halogenated alkanes) is 1. The van der Waals surface area contributed by atoms with Gasteiger partial charge in [-0.1, -0.05) is 24.9 Å². The number of rotatable bonds is 6. The zero-order valence-corrected chi connectivity index (χ0v) is 15.0. The second-order valence-electron chi connectivity index (χ2n) is 5.61. The number of carbonyl (C=O) groups is 1. The number of halogens is 4. The number of carbonyl (C=O) groups excluding carboxylic acids is 1. The minimum absolute atomic E-state index is 0.0299. The van der Waals surface area contributed by atoms with Crippen LogP contribution in [0, 0.1) is 6.92 Å². The molecular formula is C17H18ClF3N4O. The van der Waals surface area contributed by atoms with Gasteiger partial charge >= 0.3 is 6.18 Å². The van der Waals surface area contributed by atoms with Crippen LogP contribution in [0.5, 0.6) is 0 Å². The van der Waals surface area contributed by atoms with Crippen molar-refractivity contribution in [1.82, 2.24) is 15.3 Å². The minimum atomic E-state index is -4.59. The van der Waals surface area contributed by atoms with Crippen molar-refractivity contribution in [2.24, 2.45) is 0 Å². The van der Waals surface area contributed by atoms with Crippen LogP contribution in [0.2, 0.25) is 5.02 Å². The highest BCUT2D eigenvalue weighted by Gasteiger charge is 2.34. The lowest BCUT2D eigenvalue weighted by atomic mass is 10.1. The van der Waals surface area contributed by atoms with Crippen molar-refractivity contribution >= 4 is 29.0 Å². The number of amides is 1. The second-order valence-corrected chi connectivity index (χ2v) is 6.04. The monoisotopic (exact) mass is 386 g/mol. The molecule has 0 bridgehead atoms. The molecule has 2 rings (SSSR count). The molecule has 2 aromatic rings. The SMILES string of the molecule is CCCCNC(=O)c1cc(Nc2ccc(Cl)cc2C(F)(F)F)nc(C)n1. The summed E-state index contributed by atoms with van der Waals surface area (Å²) in [5.41, 5.74) is -1.05. The lowest BCUT2D eigenvalue weighted by Gasteiger charge is -2.15. The van der Waals surface area contributed by atoms with Crippen LogP contribution in [0.1, 0.15) is 41.6 Å². The average molecular weight is 387 g/mol. The van der Waals surface area contributed by atoms with E-state index >= 15 is 0 Å². The van der Waals surface area contributed by atoms with Crippen LogP contribution in [0.4, 0.5) is 24.7 Å². The largest absolute Gasteiger partial charge is 0.418 e. The number of nitrogens with one attached hydrogen (secondary N) is 2. The maximum Gasteiger partial charge on any atom is 0.418 e. The predicted octanol–water partition coefficient (Wildman–Crippen LogP) is 4.73. The number of hydrogen-bond donors (Lipinski definition) is 2. The Kier molecular flexibility index (Phi) is 6.42. The van der Waals surface area contributed by atoms with Gasteiger partial charge in [0.15, 0.2) is 0 Å². The van der Waals surface area contributed by atoms with Crippen molar-refractivity contribution in [2.45, 2.75) is 32.9 Å². The molecule has 1 aromatic heterocycles. The third-order valence-corrected chi connectivity index (χ3v) is 3.67. The lowest BCUT2D eigenvalue weighted by molar-refractivity contribution is -0.136. The number of aryl methyl sites for hydroxylation is 1. The van der Waals surface area contributed by atoms with Gasteiger partial charge in [-0.3, -0.25) is 4.79 Å². The molecule has 26 heavy (non-hydrogen) atoms. The molecule has 0 spiro atoms. The molecule has 0 saturated heterocycles. The molecule has 5 nitrogen and oxygen atoms in total. The first kappa shape index (κ1) is 20.0. The molecule has 1 aromatic carbocycles. The fourth-order valence-electron chi connectivity index (χ4n) is 2.22. The average Bonchev–Trinajstić information content (AvgIpc) is 2.55. The van der Waals surface area contributed by atoms with Crippen molar-refractivity contribution in [3.05, 3.63) is 46.4 Å². The van der Waals surface area contributed by atoms with Crippen LogP contribution in [0.3, 0.4) is 0 Å². The molecule has 0 saturated carbocycles. The summed E-state index contributed by atoms with van der Waals surface area (Å²) in [6.45, 7) is 4.05. The zero-order valence-electron chi connectivity index (χ0n) is 14.2. The van der Waals surface area contributed by atoms with E-state index < -0.39 is 17.6 Å². The number of anilines is 2. The molecule has 1 amide bonds. The molecule has 0 unspecified atom stereocenters. The van der Waals surface area contributed by atoms with Gasteiger partial charge in [-0.15, -0.1) is 0 Å². The molecule has 0 fully saturated rings. The molecule has 0 aliphatic heterocycles. The summed E-state index contributed by atoms with van der Waals surface area (Å²) in [6, 6.07) is 4.69. The summed E-state index contributed by atoms with van der Waals surface area (Å²) in [6.07, 6.45) is -2.84. The van der Waals surface area contributed by atoms with Crippen LogP contribution >= 0.6 is 11.6 Å². The first-order chi connectivity index (χ1) is 12.2. The summed E-state index contributed by atoms with van der Waals surface area (Å²) in [5.74, 6) is -0.0525. The van der Waals surface area contributed by atoms with Gasteiger partial charge in [-0.2, -0.15) is 13.2 Å². The zero-order chi connectivity index (χ0) is 19.3. The molecule has 9 heteroatoms. The number of nitrogens with zero attached hydrogens (tertiary/aromatic N) is 2. The van der Waals surface area contributed by atoms with Crippen molar-refractivity contribution in [3.8, 4) is 0 Å². The molecule has 0 aliphatic carbocycles. The van der Waals surface area contributed by atoms with E-state index in [9.17, 15) is 18.0 Å². The summed E-state index contributed by atoms with van der Waals surface area (Å²) in [5, 5.41) is 5.28. The molecule has 1 heterocycles. The highest BCUT2D eigenvalue weighted by Crippen LogP contribution is 2.37. The van der Waals surface area contributed by atoms with Gasteiger partial charge in [-0.25, -0.2) is 9.97 Å². The quantitative estimate of drug-likeness (QED) is 0.704. The standard InChI is InChI=1S/C17H18ClF3N4O/c1-3-4-7-22-16(26)14-9-15(24-10(2)23-14)25-13-6-5-11(18)8-12(13)17(19,20)21/h5-6,8-9H,3-4,7H2,1-2H3,(H,22,26)(H,23,24,25). The van der Waals surface area contributed by atoms with Crippen LogP contribution in [-0.2, 0) is 6.18 Å². The summed E-state index contributed by atoms with van der Waals surface area (Å²) in [4.78, 5) is 20.2. The van der Waals surface area contributed by atoms with Crippen molar-refractivity contribution < 1.29 is 18.0 Å². The van der Waals surface area contributed by atoms with Gasteiger partial charge in [0.1, 0.15) is 17.3 Å². The minimum Gasteiger partial charge on any atom is -0.351 e. The summed E-state index contributed by atoms with van der Waals surface area (Å²) < 4.78 is 39.6. The van der Waals surface area contributed by atoms with Crippen LogP contribution in [-0.4, -0.2) is 22.4 Å². The first-order valence-corrected chi connectivity index (χ1v) is 8.36. The maximum atomic E-state index is 13.2. The van der Waals surface area contributed by atoms with Crippen LogP contribution in [0.25, 0.3) is 0 Å². The van der Waals surface area contributed by atoms with E-state index in [0.29, 0.717) is 6.54 Å². The van der Waals surface area contributed by atoms with E-state index in [1.54, 1.807) is 6.92 Å². The van der Waals surface area contributed by atoms with Crippen LogP contribution < -0.4 is 10.6 Å². The predicted molar refractivity (Wildman–Crippen MR) is 93.7 cm³/mol. The van der Waals surface area contributed by atoms with E-state index in [1.807, 2.05) is 6.92 Å². The number of alkyl halides is 3. The third-order valence-electron chi connectivity index (χ3n) is 3.44. The van der Waals surface area contributed by atoms with E-state index in [2.05, 4.69) is 20.6 Å². The van der Waals surface area contributed by atoms with Gasteiger partial charge in [0.2, 0.25) is 0 Å².